The van der Waals surface area contributed by atoms with Gasteiger partial charge in [0.2, 0.25) is 0 Å². The van der Waals surface area contributed by atoms with Crippen molar-refractivity contribution in [1.82, 2.24) is 15.5 Å². The Kier molecular flexibility index (Phi) is 6.07. The summed E-state index contributed by atoms with van der Waals surface area (Å²) in [5.74, 6) is 1.71. The molecule has 0 bridgehead atoms. The minimum atomic E-state index is -1.21. The van der Waals surface area contributed by atoms with Crippen LogP contribution in [0.15, 0.2) is 16.5 Å². The Hall–Kier alpha value is -1.53. The SMILES string of the molecule is CCCN1CCC(CNC(=O)NCC(C)(O)c2ccc(C)o2)C1. The largest absolute Gasteiger partial charge is 0.463 e. The average molecular weight is 323 g/mol. The van der Waals surface area contributed by atoms with Crippen LogP contribution in [0, 0.1) is 12.8 Å². The normalized spacial score (nSPS) is 21.1. The summed E-state index contributed by atoms with van der Waals surface area (Å²) in [4.78, 5) is 14.4. The molecule has 2 atom stereocenters. The lowest BCUT2D eigenvalue weighted by atomic mass is 10.0. The van der Waals surface area contributed by atoms with Crippen molar-refractivity contribution >= 4 is 6.03 Å². The summed E-state index contributed by atoms with van der Waals surface area (Å²) >= 11 is 0. The first-order valence-electron chi connectivity index (χ1n) is 8.44. The molecule has 6 nitrogen and oxygen atoms in total. The van der Waals surface area contributed by atoms with Crippen LogP contribution in [0.3, 0.4) is 0 Å². The molecule has 0 spiro atoms. The Morgan fingerprint density at radius 3 is 2.91 bits per heavy atom. The molecular formula is C17H29N3O3. The molecule has 1 aliphatic heterocycles. The van der Waals surface area contributed by atoms with E-state index in [2.05, 4.69) is 22.5 Å². The number of urea groups is 1. The summed E-state index contributed by atoms with van der Waals surface area (Å²) in [5, 5.41) is 16.0. The number of aliphatic hydroxyl groups is 1. The molecule has 1 aromatic heterocycles. The van der Waals surface area contributed by atoms with E-state index < -0.39 is 5.60 Å². The highest BCUT2D eigenvalue weighted by molar-refractivity contribution is 5.73. The van der Waals surface area contributed by atoms with E-state index in [0.717, 1.165) is 31.8 Å². The van der Waals surface area contributed by atoms with E-state index in [9.17, 15) is 9.90 Å². The van der Waals surface area contributed by atoms with E-state index >= 15 is 0 Å². The van der Waals surface area contributed by atoms with E-state index in [0.29, 0.717) is 18.2 Å². The highest BCUT2D eigenvalue weighted by atomic mass is 16.4. The highest BCUT2D eigenvalue weighted by Crippen LogP contribution is 2.21. The van der Waals surface area contributed by atoms with Crippen molar-refractivity contribution in [3.63, 3.8) is 0 Å². The quantitative estimate of drug-likeness (QED) is 0.715. The van der Waals surface area contributed by atoms with Crippen LogP contribution in [0.2, 0.25) is 0 Å². The maximum Gasteiger partial charge on any atom is 0.314 e. The molecule has 0 radical (unpaired) electrons. The maximum atomic E-state index is 11.9. The number of nitrogens with zero attached hydrogens (tertiary/aromatic N) is 1. The molecule has 2 rings (SSSR count). The van der Waals surface area contributed by atoms with E-state index in [4.69, 9.17) is 4.42 Å². The molecule has 1 fully saturated rings. The number of carbonyl (C=O) groups is 1. The summed E-state index contributed by atoms with van der Waals surface area (Å²) < 4.78 is 5.43. The highest BCUT2D eigenvalue weighted by Gasteiger charge is 2.28. The molecule has 1 aliphatic rings. The molecule has 0 saturated carbocycles. The van der Waals surface area contributed by atoms with Gasteiger partial charge >= 0.3 is 6.03 Å². The molecule has 2 unspecified atom stereocenters. The smallest absolute Gasteiger partial charge is 0.314 e. The summed E-state index contributed by atoms with van der Waals surface area (Å²) in [6.07, 6.45) is 2.30. The van der Waals surface area contributed by atoms with Gasteiger partial charge in [-0.25, -0.2) is 4.79 Å². The molecule has 1 saturated heterocycles. The van der Waals surface area contributed by atoms with Gasteiger partial charge in [0.1, 0.15) is 17.1 Å². The van der Waals surface area contributed by atoms with Crippen molar-refractivity contribution in [3.8, 4) is 0 Å². The summed E-state index contributed by atoms with van der Waals surface area (Å²) in [6, 6.07) is 3.28. The van der Waals surface area contributed by atoms with Crippen LogP contribution in [-0.2, 0) is 5.60 Å². The molecule has 1 aromatic rings. The molecule has 3 N–H and O–H groups in total. The van der Waals surface area contributed by atoms with Gasteiger partial charge in [0.05, 0.1) is 6.54 Å². The van der Waals surface area contributed by atoms with Gasteiger partial charge in [0.25, 0.3) is 0 Å². The van der Waals surface area contributed by atoms with Gasteiger partial charge < -0.3 is 25.1 Å². The Bertz CT molecular complexity index is 513. The van der Waals surface area contributed by atoms with E-state index in [1.54, 1.807) is 19.1 Å². The first-order chi connectivity index (χ1) is 10.9. The van der Waals surface area contributed by atoms with Gasteiger partial charge in [-0.05, 0) is 57.8 Å². The molecule has 23 heavy (non-hydrogen) atoms. The number of hydrogen-bond acceptors (Lipinski definition) is 4. The second-order valence-corrected chi connectivity index (χ2v) is 6.70. The topological polar surface area (TPSA) is 77.7 Å². The number of nitrogens with one attached hydrogen (secondary N) is 2. The lowest BCUT2D eigenvalue weighted by molar-refractivity contribution is 0.0359. The minimum Gasteiger partial charge on any atom is -0.463 e. The third-order valence-electron chi connectivity index (χ3n) is 4.33. The third kappa shape index (κ3) is 5.25. The fourth-order valence-electron chi connectivity index (χ4n) is 2.96. The first kappa shape index (κ1) is 17.8. The van der Waals surface area contributed by atoms with Crippen LogP contribution in [0.4, 0.5) is 4.79 Å². The van der Waals surface area contributed by atoms with Crippen LogP contribution in [0.5, 0.6) is 0 Å². The molecule has 0 aromatic carbocycles. The number of hydrogen-bond donors (Lipinski definition) is 3. The van der Waals surface area contributed by atoms with Crippen LogP contribution in [0.25, 0.3) is 0 Å². The minimum absolute atomic E-state index is 0.110. The van der Waals surface area contributed by atoms with Crippen molar-refractivity contribution in [3.05, 3.63) is 23.7 Å². The number of furan rings is 1. The first-order valence-corrected chi connectivity index (χ1v) is 8.44. The Morgan fingerprint density at radius 2 is 2.26 bits per heavy atom. The average Bonchev–Trinajstić information content (AvgIpc) is 3.13. The van der Waals surface area contributed by atoms with Crippen molar-refractivity contribution in [2.75, 3.05) is 32.7 Å². The Labute approximate surface area is 138 Å². The van der Waals surface area contributed by atoms with Crippen LogP contribution >= 0.6 is 0 Å². The van der Waals surface area contributed by atoms with Crippen LogP contribution < -0.4 is 10.6 Å². The predicted molar refractivity (Wildman–Crippen MR) is 89.3 cm³/mol. The number of amides is 2. The second kappa shape index (κ2) is 7.84. The number of likely N-dealkylation sites (tertiary alicyclic amines) is 1. The lowest BCUT2D eigenvalue weighted by Gasteiger charge is -2.22. The lowest BCUT2D eigenvalue weighted by Crippen LogP contribution is -2.44. The fourth-order valence-corrected chi connectivity index (χ4v) is 2.96. The summed E-state index contributed by atoms with van der Waals surface area (Å²) in [6.45, 7) is 9.73. The monoisotopic (exact) mass is 323 g/mol. The van der Waals surface area contributed by atoms with Gasteiger partial charge in [0, 0.05) is 13.1 Å². The number of rotatable bonds is 7. The van der Waals surface area contributed by atoms with Crippen molar-refractivity contribution < 1.29 is 14.3 Å². The predicted octanol–water partition coefficient (Wildman–Crippen LogP) is 1.83. The number of aryl methyl sites for hydroxylation is 1. The molecule has 6 heteroatoms. The van der Waals surface area contributed by atoms with Crippen molar-refractivity contribution in [2.24, 2.45) is 5.92 Å². The summed E-state index contributed by atoms with van der Waals surface area (Å²) in [5.41, 5.74) is -1.21. The zero-order chi connectivity index (χ0) is 16.9. The molecule has 130 valence electrons. The molecular weight excluding hydrogens is 294 g/mol. The number of carbonyl (C=O) groups excluding carboxylic acids is 1. The van der Waals surface area contributed by atoms with Gasteiger partial charge in [-0.1, -0.05) is 6.92 Å². The van der Waals surface area contributed by atoms with Crippen molar-refractivity contribution in [1.29, 1.82) is 0 Å². The van der Waals surface area contributed by atoms with Gasteiger partial charge in [0.15, 0.2) is 0 Å². The maximum absolute atomic E-state index is 11.9. The van der Waals surface area contributed by atoms with E-state index in [1.165, 1.54) is 6.42 Å². The Morgan fingerprint density at radius 1 is 1.48 bits per heavy atom. The van der Waals surface area contributed by atoms with E-state index in [1.807, 2.05) is 6.92 Å². The zero-order valence-corrected chi connectivity index (χ0v) is 14.4. The zero-order valence-electron chi connectivity index (χ0n) is 14.4. The van der Waals surface area contributed by atoms with Crippen LogP contribution in [-0.4, -0.2) is 48.8 Å². The third-order valence-corrected chi connectivity index (χ3v) is 4.33. The molecule has 0 aliphatic carbocycles. The standard InChI is InChI=1S/C17H29N3O3/c1-4-8-20-9-7-14(11-20)10-18-16(21)19-12-17(3,22)15-6-5-13(2)23-15/h5-6,14,22H,4,7-12H2,1-3H3,(H2,18,19,21). The van der Waals surface area contributed by atoms with Crippen LogP contribution in [0.1, 0.15) is 38.2 Å². The molecule has 2 heterocycles. The Balaban J connectivity index is 1.69. The van der Waals surface area contributed by atoms with Crippen molar-refractivity contribution in [2.45, 2.75) is 39.2 Å². The van der Waals surface area contributed by atoms with E-state index in [-0.39, 0.29) is 12.6 Å². The second-order valence-electron chi connectivity index (χ2n) is 6.70. The van der Waals surface area contributed by atoms with Gasteiger partial charge in [-0.2, -0.15) is 0 Å². The molecule has 2 amide bonds. The fraction of sp³-hybridized carbons (Fsp3) is 0.706. The van der Waals surface area contributed by atoms with Gasteiger partial charge in [-0.15, -0.1) is 0 Å². The summed E-state index contributed by atoms with van der Waals surface area (Å²) in [7, 11) is 0. The van der Waals surface area contributed by atoms with Gasteiger partial charge in [-0.3, -0.25) is 0 Å².